The zero-order valence-electron chi connectivity index (χ0n) is 15.5. The van der Waals surface area contributed by atoms with E-state index in [9.17, 15) is 9.59 Å². The van der Waals surface area contributed by atoms with Crippen LogP contribution in [0.3, 0.4) is 0 Å². The number of ether oxygens (including phenoxy) is 2. The minimum atomic E-state index is -0.566. The fraction of sp³-hybridized carbons (Fsp3) is 0.250. The predicted molar refractivity (Wildman–Crippen MR) is 112 cm³/mol. The van der Waals surface area contributed by atoms with Gasteiger partial charge < -0.3 is 14.0 Å². The third-order valence-electron chi connectivity index (χ3n) is 4.07. The molecule has 0 aliphatic rings. The zero-order chi connectivity index (χ0) is 20.1. The van der Waals surface area contributed by atoms with E-state index in [0.717, 1.165) is 14.7 Å². The molecule has 6 nitrogen and oxygen atoms in total. The van der Waals surface area contributed by atoms with E-state index < -0.39 is 11.9 Å². The lowest BCUT2D eigenvalue weighted by atomic mass is 10.1. The highest BCUT2D eigenvalue weighted by Crippen LogP contribution is 2.22. The molecule has 1 aromatic heterocycles. The summed E-state index contributed by atoms with van der Waals surface area (Å²) in [5.41, 5.74) is 1.38. The van der Waals surface area contributed by atoms with Gasteiger partial charge in [0.05, 0.1) is 35.1 Å². The number of benzene rings is 2. The van der Waals surface area contributed by atoms with Crippen molar-refractivity contribution in [2.75, 3.05) is 20.3 Å². The van der Waals surface area contributed by atoms with Crippen molar-refractivity contribution in [1.82, 2.24) is 4.57 Å². The summed E-state index contributed by atoms with van der Waals surface area (Å²) in [4.78, 5) is 29.7. The average Bonchev–Trinajstić information content (AvgIpc) is 3.03. The molecule has 0 bridgehead atoms. The summed E-state index contributed by atoms with van der Waals surface area (Å²) in [7, 11) is 1.28. The molecule has 2 aromatic carbocycles. The van der Waals surface area contributed by atoms with Crippen LogP contribution in [0.1, 0.15) is 27.6 Å². The Bertz CT molecular complexity index is 1090. The van der Waals surface area contributed by atoms with Crippen molar-refractivity contribution in [2.24, 2.45) is 4.99 Å². The maximum Gasteiger partial charge on any atom is 0.338 e. The molecule has 0 radical (unpaired) electrons. The summed E-state index contributed by atoms with van der Waals surface area (Å²) in [6.07, 6.45) is 0. The highest BCUT2D eigenvalue weighted by atomic mass is 79.9. The number of halogens is 1. The Morgan fingerprint density at radius 1 is 1.18 bits per heavy atom. The fourth-order valence-corrected chi connectivity index (χ4v) is 4.36. The van der Waals surface area contributed by atoms with Gasteiger partial charge in [0.1, 0.15) is 0 Å². The summed E-state index contributed by atoms with van der Waals surface area (Å²) >= 11 is 4.89. The molecule has 0 spiro atoms. The number of carbonyl (C=O) groups excluding carboxylic acids is 2. The number of hydrogen-bond acceptors (Lipinski definition) is 5. The Balaban J connectivity index is 2.09. The number of nitrogens with zero attached hydrogens (tertiary/aromatic N) is 2. The number of fused-ring (bicyclic) bond motifs is 1. The summed E-state index contributed by atoms with van der Waals surface area (Å²) in [5.74, 6) is -1.06. The van der Waals surface area contributed by atoms with Crippen LogP contribution in [0.2, 0.25) is 0 Å². The fourth-order valence-electron chi connectivity index (χ4n) is 2.75. The van der Waals surface area contributed by atoms with E-state index in [2.05, 4.69) is 20.9 Å². The van der Waals surface area contributed by atoms with Crippen LogP contribution in [0, 0.1) is 0 Å². The first-order valence-electron chi connectivity index (χ1n) is 8.68. The van der Waals surface area contributed by atoms with E-state index >= 15 is 0 Å². The monoisotopic (exact) mass is 462 g/mol. The van der Waals surface area contributed by atoms with Gasteiger partial charge in [-0.2, -0.15) is 4.99 Å². The molecule has 0 saturated heterocycles. The van der Waals surface area contributed by atoms with Crippen molar-refractivity contribution in [2.45, 2.75) is 13.5 Å². The van der Waals surface area contributed by atoms with Crippen molar-refractivity contribution >= 4 is 49.4 Å². The highest BCUT2D eigenvalue weighted by Gasteiger charge is 2.17. The highest BCUT2D eigenvalue weighted by molar-refractivity contribution is 9.10. The van der Waals surface area contributed by atoms with Crippen molar-refractivity contribution < 1.29 is 19.1 Å². The predicted octanol–water partition coefficient (Wildman–Crippen LogP) is 4.03. The molecule has 1 heterocycles. The number of rotatable bonds is 6. The molecule has 8 heteroatoms. The summed E-state index contributed by atoms with van der Waals surface area (Å²) in [5, 5.41) is 0. The second-order valence-corrected chi connectivity index (χ2v) is 7.72. The molecular weight excluding hydrogens is 444 g/mol. The van der Waals surface area contributed by atoms with Gasteiger partial charge >= 0.3 is 5.97 Å². The number of methoxy groups -OCH3 is 1. The van der Waals surface area contributed by atoms with E-state index in [-0.39, 0.29) is 11.1 Å². The van der Waals surface area contributed by atoms with Gasteiger partial charge in [0.15, 0.2) is 4.80 Å². The molecule has 0 aliphatic carbocycles. The van der Waals surface area contributed by atoms with Crippen molar-refractivity contribution in [3.63, 3.8) is 0 Å². The second-order valence-electron chi connectivity index (χ2n) is 5.80. The van der Waals surface area contributed by atoms with Crippen LogP contribution < -0.4 is 4.80 Å². The topological polar surface area (TPSA) is 69.9 Å². The van der Waals surface area contributed by atoms with E-state index in [4.69, 9.17) is 9.47 Å². The van der Waals surface area contributed by atoms with Gasteiger partial charge in [0.25, 0.3) is 5.91 Å². The van der Waals surface area contributed by atoms with Crippen molar-refractivity contribution in [3.8, 4) is 0 Å². The SMILES string of the molecule is CCOCCn1c(=NC(=O)c2ccccc2C(=O)OC)sc2cc(Br)ccc21. The van der Waals surface area contributed by atoms with Crippen LogP contribution in [-0.4, -0.2) is 36.8 Å². The lowest BCUT2D eigenvalue weighted by Gasteiger charge is -2.06. The first kappa shape index (κ1) is 20.4. The molecule has 0 aliphatic heterocycles. The lowest BCUT2D eigenvalue weighted by Crippen LogP contribution is -2.20. The van der Waals surface area contributed by atoms with Crippen LogP contribution in [0.25, 0.3) is 10.2 Å². The Morgan fingerprint density at radius 3 is 2.64 bits per heavy atom. The van der Waals surface area contributed by atoms with Gasteiger partial charge in [0.2, 0.25) is 0 Å². The summed E-state index contributed by atoms with van der Waals surface area (Å²) in [6, 6.07) is 12.4. The molecule has 146 valence electrons. The van der Waals surface area contributed by atoms with Gasteiger partial charge in [-0.1, -0.05) is 39.4 Å². The number of hydrogen-bond donors (Lipinski definition) is 0. The average molecular weight is 463 g/mol. The number of esters is 1. The molecule has 0 unspecified atom stereocenters. The molecule has 28 heavy (non-hydrogen) atoms. The lowest BCUT2D eigenvalue weighted by molar-refractivity contribution is 0.0597. The molecule has 0 saturated carbocycles. The number of aromatic nitrogens is 1. The Morgan fingerprint density at radius 2 is 1.93 bits per heavy atom. The minimum absolute atomic E-state index is 0.198. The van der Waals surface area contributed by atoms with Gasteiger partial charge in [-0.3, -0.25) is 4.79 Å². The minimum Gasteiger partial charge on any atom is -0.465 e. The van der Waals surface area contributed by atoms with Gasteiger partial charge in [-0.15, -0.1) is 0 Å². The van der Waals surface area contributed by atoms with E-state index in [1.807, 2.05) is 29.7 Å². The third-order valence-corrected chi connectivity index (χ3v) is 5.60. The Labute approximate surface area is 174 Å². The van der Waals surface area contributed by atoms with E-state index in [1.165, 1.54) is 18.4 Å². The summed E-state index contributed by atoms with van der Waals surface area (Å²) in [6.45, 7) is 3.64. The number of thiazole rings is 1. The summed E-state index contributed by atoms with van der Waals surface area (Å²) < 4.78 is 14.2. The number of amides is 1. The smallest absolute Gasteiger partial charge is 0.338 e. The van der Waals surface area contributed by atoms with Crippen molar-refractivity contribution in [1.29, 1.82) is 0 Å². The maximum atomic E-state index is 12.9. The van der Waals surface area contributed by atoms with E-state index in [1.54, 1.807) is 24.3 Å². The van der Waals surface area contributed by atoms with Gasteiger partial charge in [-0.25, -0.2) is 4.79 Å². The van der Waals surface area contributed by atoms with Crippen molar-refractivity contribution in [3.05, 3.63) is 62.9 Å². The van der Waals surface area contributed by atoms with Crippen LogP contribution in [-0.2, 0) is 16.0 Å². The van der Waals surface area contributed by atoms with Gasteiger partial charge in [0, 0.05) is 17.6 Å². The van der Waals surface area contributed by atoms with Crippen LogP contribution in [0.15, 0.2) is 51.9 Å². The van der Waals surface area contributed by atoms with E-state index in [0.29, 0.717) is 24.6 Å². The Hall–Kier alpha value is -2.29. The normalized spacial score (nSPS) is 11.8. The van der Waals surface area contributed by atoms with Crippen LogP contribution in [0.5, 0.6) is 0 Å². The molecular formula is C20H19BrN2O4S. The quantitative estimate of drug-likeness (QED) is 0.409. The molecule has 3 aromatic rings. The molecule has 3 rings (SSSR count). The standard InChI is InChI=1S/C20H19BrN2O4S/c1-3-27-11-10-23-16-9-8-13(21)12-17(16)28-20(23)22-18(24)14-6-4-5-7-15(14)19(25)26-2/h4-9,12H,3,10-11H2,1-2H3. The first-order valence-corrected chi connectivity index (χ1v) is 10.3. The molecule has 0 fully saturated rings. The largest absolute Gasteiger partial charge is 0.465 e. The van der Waals surface area contributed by atoms with Crippen LogP contribution >= 0.6 is 27.3 Å². The molecule has 0 atom stereocenters. The molecule has 0 N–H and O–H groups in total. The Kier molecular flexibility index (Phi) is 6.77. The number of carbonyl (C=O) groups is 2. The second kappa shape index (κ2) is 9.27. The third kappa shape index (κ3) is 4.40. The van der Waals surface area contributed by atoms with Crippen LogP contribution in [0.4, 0.5) is 0 Å². The zero-order valence-corrected chi connectivity index (χ0v) is 17.9. The first-order chi connectivity index (χ1) is 13.5. The molecule has 1 amide bonds. The van der Waals surface area contributed by atoms with Gasteiger partial charge in [-0.05, 0) is 37.3 Å². The maximum absolute atomic E-state index is 12.9.